The van der Waals surface area contributed by atoms with Crippen LogP contribution in [0.1, 0.15) is 36.0 Å². The number of carbonyl (C=O) groups is 2. The maximum absolute atomic E-state index is 12.7. The number of imidazole rings is 1. The second kappa shape index (κ2) is 12.1. The van der Waals surface area contributed by atoms with E-state index < -0.39 is 70.6 Å². The summed E-state index contributed by atoms with van der Waals surface area (Å²) in [7, 11) is -4.70. The van der Waals surface area contributed by atoms with Gasteiger partial charge in [0.15, 0.2) is 23.5 Å². The molecule has 4 atom stereocenters. The number of rotatable bonds is 9. The largest absolute Gasteiger partial charge is 0.507 e. The molecule has 0 spiro atoms. The highest BCUT2D eigenvalue weighted by atomic mass is 32.2. The summed E-state index contributed by atoms with van der Waals surface area (Å²) < 4.78 is 57.1. The standard InChI is InChI=1S/C28H29N7O10S/c1-28(2)44-21-19(43-26(22(21)45-28)35-14-32-20-23(29)30-13-31-24(20)35)12-42-46(39,40)34-25(37)17-9-8-16(10-18(17)36)33-27(38)41-11-15-6-4-3-5-7-15/h3-10,13-14,19,21-22,26,36H,11-12H2,1-2H3,(H,33,38)(H,34,37)(H2,29,30,31)/t19-,21-,22-,26-/m1/s1. The Bertz CT molecular complexity index is 1890. The number of phenolic OH excluding ortho intramolecular Hbond substituents is 1. The second-order valence-corrected chi connectivity index (χ2v) is 12.1. The molecule has 17 nitrogen and oxygen atoms in total. The quantitative estimate of drug-likeness (QED) is 0.202. The van der Waals surface area contributed by atoms with Crippen LogP contribution >= 0.6 is 0 Å². The third kappa shape index (κ3) is 6.56. The van der Waals surface area contributed by atoms with Crippen molar-refractivity contribution >= 4 is 45.0 Å². The van der Waals surface area contributed by atoms with Crippen LogP contribution in [-0.4, -0.2) is 75.7 Å². The van der Waals surface area contributed by atoms with Gasteiger partial charge in [-0.3, -0.25) is 18.9 Å². The number of nitrogen functional groups attached to an aromatic ring is 1. The minimum absolute atomic E-state index is 0.0202. The molecule has 2 fully saturated rings. The molecule has 18 heteroatoms. The second-order valence-electron chi connectivity index (χ2n) is 10.8. The number of fused-ring (bicyclic) bond motifs is 2. The molecule has 2 aromatic heterocycles. The van der Waals surface area contributed by atoms with Crippen LogP contribution in [0.5, 0.6) is 5.75 Å². The van der Waals surface area contributed by atoms with Gasteiger partial charge in [0, 0.05) is 11.8 Å². The van der Waals surface area contributed by atoms with Gasteiger partial charge in [-0.05, 0) is 31.5 Å². The van der Waals surface area contributed by atoms with Crippen molar-refractivity contribution in [2.75, 3.05) is 17.7 Å². The van der Waals surface area contributed by atoms with Gasteiger partial charge in [0.05, 0.1) is 18.5 Å². The number of amides is 2. The van der Waals surface area contributed by atoms with Crippen LogP contribution in [0.15, 0.2) is 61.2 Å². The lowest BCUT2D eigenvalue weighted by atomic mass is 10.1. The van der Waals surface area contributed by atoms with E-state index >= 15 is 0 Å². The number of phenols is 1. The molecule has 242 valence electrons. The van der Waals surface area contributed by atoms with E-state index in [0.29, 0.717) is 11.2 Å². The number of nitrogens with zero attached hydrogens (tertiary/aromatic N) is 4. The number of nitrogens with two attached hydrogens (primary N) is 1. The molecule has 2 aliphatic heterocycles. The van der Waals surface area contributed by atoms with Crippen LogP contribution in [0.2, 0.25) is 0 Å². The van der Waals surface area contributed by atoms with Crippen LogP contribution in [-0.2, 0) is 40.0 Å². The maximum atomic E-state index is 12.7. The zero-order valence-electron chi connectivity index (χ0n) is 24.4. The lowest BCUT2D eigenvalue weighted by Crippen LogP contribution is -2.37. The Labute approximate surface area is 261 Å². The van der Waals surface area contributed by atoms with Crippen LogP contribution < -0.4 is 15.8 Å². The van der Waals surface area contributed by atoms with Gasteiger partial charge < -0.3 is 29.8 Å². The van der Waals surface area contributed by atoms with Gasteiger partial charge in [-0.1, -0.05) is 30.3 Å². The predicted molar refractivity (Wildman–Crippen MR) is 158 cm³/mol. The molecule has 2 saturated heterocycles. The summed E-state index contributed by atoms with van der Waals surface area (Å²) in [6, 6.07) is 12.5. The number of aromatic nitrogens is 4. The molecule has 4 aromatic rings. The lowest BCUT2D eigenvalue weighted by molar-refractivity contribution is -0.198. The Morgan fingerprint density at radius 1 is 1.09 bits per heavy atom. The average molecular weight is 656 g/mol. The lowest BCUT2D eigenvalue weighted by Gasteiger charge is -2.24. The third-order valence-corrected chi connectivity index (χ3v) is 7.97. The molecule has 2 aromatic carbocycles. The van der Waals surface area contributed by atoms with E-state index in [1.807, 2.05) is 6.07 Å². The molecular weight excluding hydrogens is 626 g/mol. The summed E-state index contributed by atoms with van der Waals surface area (Å²) in [6.07, 6.45) is -1.32. The normalized spacial score (nSPS) is 22.0. The Hall–Kier alpha value is -4.88. The Morgan fingerprint density at radius 2 is 1.85 bits per heavy atom. The van der Waals surface area contributed by atoms with Crippen LogP contribution in [0.4, 0.5) is 16.3 Å². The van der Waals surface area contributed by atoms with E-state index in [4.69, 9.17) is 28.9 Å². The van der Waals surface area contributed by atoms with Crippen molar-refractivity contribution in [2.45, 2.75) is 50.8 Å². The molecule has 0 unspecified atom stereocenters. The molecule has 0 aliphatic carbocycles. The minimum Gasteiger partial charge on any atom is -0.507 e. The van der Waals surface area contributed by atoms with Crippen LogP contribution in [0.3, 0.4) is 0 Å². The number of aromatic hydroxyl groups is 1. The number of ether oxygens (including phenoxy) is 4. The maximum Gasteiger partial charge on any atom is 0.411 e. The zero-order valence-corrected chi connectivity index (χ0v) is 25.2. The number of nitrogens with one attached hydrogen (secondary N) is 2. The van der Waals surface area contributed by atoms with E-state index in [1.54, 1.807) is 47.4 Å². The Morgan fingerprint density at radius 3 is 2.61 bits per heavy atom. The molecule has 5 N–H and O–H groups in total. The van der Waals surface area contributed by atoms with Gasteiger partial charge in [0.2, 0.25) is 0 Å². The van der Waals surface area contributed by atoms with Crippen LogP contribution in [0, 0.1) is 0 Å². The highest BCUT2D eigenvalue weighted by molar-refractivity contribution is 7.85. The third-order valence-electron chi connectivity index (χ3n) is 7.09. The number of benzene rings is 2. The Balaban J connectivity index is 1.07. The van der Waals surface area contributed by atoms with E-state index in [9.17, 15) is 23.1 Å². The van der Waals surface area contributed by atoms with E-state index in [0.717, 1.165) is 17.7 Å². The molecule has 0 saturated carbocycles. The van der Waals surface area contributed by atoms with Gasteiger partial charge in [-0.25, -0.2) is 24.5 Å². The molecular formula is C28H29N7O10S. The number of hydrogen-bond donors (Lipinski definition) is 4. The van der Waals surface area contributed by atoms with Crippen molar-refractivity contribution in [3.8, 4) is 5.75 Å². The van der Waals surface area contributed by atoms with Crippen molar-refractivity contribution in [3.05, 3.63) is 72.3 Å². The fraction of sp³-hybridized carbons (Fsp3) is 0.321. The highest BCUT2D eigenvalue weighted by Gasteiger charge is 2.56. The topological polar surface area (TPSA) is 228 Å². The van der Waals surface area contributed by atoms with Gasteiger partial charge in [0.1, 0.15) is 42.5 Å². The minimum atomic E-state index is -4.70. The first-order chi connectivity index (χ1) is 21.9. The number of carbonyl (C=O) groups excluding carboxylic acids is 2. The molecule has 0 radical (unpaired) electrons. The SMILES string of the molecule is CC1(C)O[C@@H]2[C@H](O1)[C@@H](COS(=O)(=O)NC(=O)c1ccc(NC(=O)OCc3ccccc3)cc1O)O[C@H]2n1cnc2c(N)ncnc21. The molecule has 4 heterocycles. The van der Waals surface area contributed by atoms with Crippen molar-refractivity contribution < 1.29 is 46.2 Å². The molecule has 6 rings (SSSR count). The van der Waals surface area contributed by atoms with E-state index in [2.05, 4.69) is 20.3 Å². The molecule has 2 amide bonds. The van der Waals surface area contributed by atoms with Crippen molar-refractivity contribution in [1.29, 1.82) is 0 Å². The first-order valence-corrected chi connectivity index (χ1v) is 15.3. The van der Waals surface area contributed by atoms with Crippen molar-refractivity contribution in [3.63, 3.8) is 0 Å². The first-order valence-electron chi connectivity index (χ1n) is 13.9. The summed E-state index contributed by atoms with van der Waals surface area (Å²) in [5, 5.41) is 12.8. The zero-order chi connectivity index (χ0) is 32.6. The Kier molecular flexibility index (Phi) is 8.21. The fourth-order valence-electron chi connectivity index (χ4n) is 5.11. The summed E-state index contributed by atoms with van der Waals surface area (Å²) in [4.78, 5) is 37.3. The van der Waals surface area contributed by atoms with E-state index in [-0.39, 0.29) is 18.1 Å². The van der Waals surface area contributed by atoms with Gasteiger partial charge in [-0.15, -0.1) is 0 Å². The summed E-state index contributed by atoms with van der Waals surface area (Å²) in [6.45, 7) is 2.87. The first kappa shape index (κ1) is 31.1. The fourth-order valence-corrected chi connectivity index (χ4v) is 5.82. The van der Waals surface area contributed by atoms with Crippen molar-refractivity contribution in [1.82, 2.24) is 24.2 Å². The number of hydrogen-bond acceptors (Lipinski definition) is 14. The number of anilines is 2. The van der Waals surface area contributed by atoms with Gasteiger partial charge >= 0.3 is 16.4 Å². The monoisotopic (exact) mass is 655 g/mol. The van der Waals surface area contributed by atoms with Gasteiger partial charge in [-0.2, -0.15) is 8.42 Å². The van der Waals surface area contributed by atoms with Crippen molar-refractivity contribution in [2.24, 2.45) is 0 Å². The summed E-state index contributed by atoms with van der Waals surface area (Å²) >= 11 is 0. The summed E-state index contributed by atoms with van der Waals surface area (Å²) in [5.74, 6) is -2.64. The van der Waals surface area contributed by atoms with Crippen LogP contribution in [0.25, 0.3) is 11.2 Å². The smallest absolute Gasteiger partial charge is 0.411 e. The predicted octanol–water partition coefficient (Wildman–Crippen LogP) is 1.97. The van der Waals surface area contributed by atoms with E-state index in [1.165, 1.54) is 18.7 Å². The van der Waals surface area contributed by atoms with Gasteiger partial charge in [0.25, 0.3) is 5.91 Å². The molecule has 0 bridgehead atoms. The average Bonchev–Trinajstić information content (AvgIpc) is 3.66. The summed E-state index contributed by atoms with van der Waals surface area (Å²) in [5.41, 5.74) is 7.11. The molecule has 46 heavy (non-hydrogen) atoms. The highest BCUT2D eigenvalue weighted by Crippen LogP contribution is 2.44. The molecule has 2 aliphatic rings.